The number of aromatic nitrogens is 1. The van der Waals surface area contributed by atoms with Crippen LogP contribution in [0.1, 0.15) is 5.56 Å². The predicted octanol–water partition coefficient (Wildman–Crippen LogP) is 1.45. The lowest BCUT2D eigenvalue weighted by Gasteiger charge is -2.13. The molecule has 0 saturated heterocycles. The maximum absolute atomic E-state index is 11.9. The number of alkyl halides is 3. The molecule has 0 amide bonds. The van der Waals surface area contributed by atoms with Crippen molar-refractivity contribution >= 4 is 0 Å². The number of hydrogen-bond acceptors (Lipinski definition) is 4. The number of nitrogens with zero attached hydrogens (tertiary/aromatic N) is 1. The molecule has 0 aliphatic rings. The van der Waals surface area contributed by atoms with E-state index < -0.39 is 12.2 Å². The van der Waals surface area contributed by atoms with Crippen molar-refractivity contribution < 1.29 is 22.6 Å². The van der Waals surface area contributed by atoms with Crippen LogP contribution in [0.3, 0.4) is 0 Å². The van der Waals surface area contributed by atoms with Crippen molar-refractivity contribution in [2.45, 2.75) is 12.9 Å². The lowest BCUT2D eigenvalue weighted by Crippen LogP contribution is -2.19. The van der Waals surface area contributed by atoms with Gasteiger partial charge in [0, 0.05) is 12.7 Å². The van der Waals surface area contributed by atoms with Crippen LogP contribution in [-0.4, -0.2) is 18.5 Å². The fourth-order valence-corrected chi connectivity index (χ4v) is 1.03. The van der Waals surface area contributed by atoms with E-state index in [1.54, 1.807) is 0 Å². The van der Waals surface area contributed by atoms with Crippen LogP contribution in [0, 0.1) is 0 Å². The van der Waals surface area contributed by atoms with Gasteiger partial charge in [0.2, 0.25) is 5.88 Å². The first-order chi connectivity index (χ1) is 6.98. The number of methoxy groups -OCH3 is 1. The molecular formula is C8H9F3N2O2. The number of halogens is 3. The maximum atomic E-state index is 11.9. The van der Waals surface area contributed by atoms with Crippen molar-refractivity contribution in [2.24, 2.45) is 5.73 Å². The normalized spacial score (nSPS) is 11.3. The zero-order valence-corrected chi connectivity index (χ0v) is 7.84. The van der Waals surface area contributed by atoms with Crippen molar-refractivity contribution in [1.82, 2.24) is 4.98 Å². The first-order valence-electron chi connectivity index (χ1n) is 3.95. The summed E-state index contributed by atoms with van der Waals surface area (Å²) < 4.78 is 44.4. The second kappa shape index (κ2) is 4.35. The summed E-state index contributed by atoms with van der Waals surface area (Å²) >= 11 is 0. The van der Waals surface area contributed by atoms with Crippen LogP contribution in [0.5, 0.6) is 11.6 Å². The Morgan fingerprint density at radius 2 is 2.13 bits per heavy atom. The zero-order valence-electron chi connectivity index (χ0n) is 7.84. The minimum absolute atomic E-state index is 0.0809. The van der Waals surface area contributed by atoms with Gasteiger partial charge in [-0.05, 0) is 6.07 Å². The Kier molecular flexibility index (Phi) is 3.35. The highest BCUT2D eigenvalue weighted by Gasteiger charge is 2.33. The summed E-state index contributed by atoms with van der Waals surface area (Å²) in [6, 6.07) is 1.41. The molecule has 1 aromatic rings. The Morgan fingerprint density at radius 3 is 2.60 bits per heavy atom. The standard InChI is InChI=1S/C8H9F3N2O2/c1-14-6-2-3-13-7(5(6)4-12)15-8(9,10)11/h2-3H,4,12H2,1H3. The molecule has 0 radical (unpaired) electrons. The minimum Gasteiger partial charge on any atom is -0.496 e. The van der Waals surface area contributed by atoms with E-state index in [-0.39, 0.29) is 17.9 Å². The molecule has 15 heavy (non-hydrogen) atoms. The van der Waals surface area contributed by atoms with Gasteiger partial charge < -0.3 is 15.2 Å². The van der Waals surface area contributed by atoms with Crippen molar-refractivity contribution in [3.05, 3.63) is 17.8 Å². The lowest BCUT2D eigenvalue weighted by molar-refractivity contribution is -0.276. The van der Waals surface area contributed by atoms with E-state index in [0.29, 0.717) is 0 Å². The average Bonchev–Trinajstić information content (AvgIpc) is 2.15. The molecule has 0 aliphatic carbocycles. The van der Waals surface area contributed by atoms with Crippen LogP contribution in [0.2, 0.25) is 0 Å². The molecule has 2 N–H and O–H groups in total. The highest BCUT2D eigenvalue weighted by molar-refractivity contribution is 5.39. The van der Waals surface area contributed by atoms with Crippen LogP contribution in [0.4, 0.5) is 13.2 Å². The molecule has 0 spiro atoms. The molecule has 0 fully saturated rings. The fraction of sp³-hybridized carbons (Fsp3) is 0.375. The van der Waals surface area contributed by atoms with Crippen molar-refractivity contribution in [3.8, 4) is 11.6 Å². The number of nitrogens with two attached hydrogens (primary N) is 1. The Balaban J connectivity index is 3.06. The van der Waals surface area contributed by atoms with Crippen molar-refractivity contribution in [3.63, 3.8) is 0 Å². The van der Waals surface area contributed by atoms with E-state index in [0.717, 1.165) is 6.20 Å². The van der Waals surface area contributed by atoms with Gasteiger partial charge in [-0.3, -0.25) is 0 Å². The third-order valence-corrected chi connectivity index (χ3v) is 1.61. The molecule has 0 unspecified atom stereocenters. The second-order valence-corrected chi connectivity index (χ2v) is 2.55. The largest absolute Gasteiger partial charge is 0.574 e. The molecule has 1 aromatic heterocycles. The summed E-state index contributed by atoms with van der Waals surface area (Å²) in [6.07, 6.45) is -3.64. The highest BCUT2D eigenvalue weighted by atomic mass is 19.4. The molecule has 0 aliphatic heterocycles. The summed E-state index contributed by atoms with van der Waals surface area (Å²) in [6.45, 7) is -0.150. The van der Waals surface area contributed by atoms with E-state index >= 15 is 0 Å². The monoisotopic (exact) mass is 222 g/mol. The molecule has 7 heteroatoms. The smallest absolute Gasteiger partial charge is 0.496 e. The molecule has 0 bridgehead atoms. The van der Waals surface area contributed by atoms with Gasteiger partial charge in [-0.25, -0.2) is 4.98 Å². The van der Waals surface area contributed by atoms with Crippen LogP contribution in [-0.2, 0) is 6.54 Å². The summed E-state index contributed by atoms with van der Waals surface area (Å²) in [5.41, 5.74) is 5.36. The molecule has 4 nitrogen and oxygen atoms in total. The summed E-state index contributed by atoms with van der Waals surface area (Å²) in [5.74, 6) is -0.365. The van der Waals surface area contributed by atoms with E-state index in [4.69, 9.17) is 10.5 Å². The average molecular weight is 222 g/mol. The van der Waals surface area contributed by atoms with Crippen LogP contribution in [0.25, 0.3) is 0 Å². The predicted molar refractivity (Wildman–Crippen MR) is 45.4 cm³/mol. The van der Waals surface area contributed by atoms with E-state index in [2.05, 4.69) is 9.72 Å². The topological polar surface area (TPSA) is 57.4 Å². The molecule has 0 aromatic carbocycles. The Bertz CT molecular complexity index is 341. The van der Waals surface area contributed by atoms with Gasteiger partial charge in [0.1, 0.15) is 5.75 Å². The molecule has 1 heterocycles. The SMILES string of the molecule is COc1ccnc(OC(F)(F)F)c1CN. The van der Waals surface area contributed by atoms with Crippen LogP contribution < -0.4 is 15.2 Å². The van der Waals surface area contributed by atoms with Gasteiger partial charge in [0.25, 0.3) is 0 Å². The van der Waals surface area contributed by atoms with Gasteiger partial charge in [-0.1, -0.05) is 0 Å². The molecular weight excluding hydrogens is 213 g/mol. The number of pyridine rings is 1. The number of ether oxygens (including phenoxy) is 2. The minimum atomic E-state index is -4.79. The van der Waals surface area contributed by atoms with Crippen LogP contribution >= 0.6 is 0 Å². The fourth-order valence-electron chi connectivity index (χ4n) is 1.03. The third-order valence-electron chi connectivity index (χ3n) is 1.61. The van der Waals surface area contributed by atoms with Crippen molar-refractivity contribution in [2.75, 3.05) is 7.11 Å². The van der Waals surface area contributed by atoms with E-state index in [1.165, 1.54) is 13.2 Å². The quantitative estimate of drug-likeness (QED) is 0.840. The summed E-state index contributed by atoms with van der Waals surface area (Å²) in [4.78, 5) is 3.44. The van der Waals surface area contributed by atoms with Gasteiger partial charge in [-0.2, -0.15) is 0 Å². The Labute approximate surface area is 83.8 Å². The van der Waals surface area contributed by atoms with Gasteiger partial charge in [0.15, 0.2) is 0 Å². The molecule has 0 atom stereocenters. The highest BCUT2D eigenvalue weighted by Crippen LogP contribution is 2.29. The molecule has 84 valence electrons. The lowest BCUT2D eigenvalue weighted by atomic mass is 10.2. The Morgan fingerprint density at radius 1 is 1.47 bits per heavy atom. The zero-order chi connectivity index (χ0) is 11.5. The second-order valence-electron chi connectivity index (χ2n) is 2.55. The molecule has 1 rings (SSSR count). The first kappa shape index (κ1) is 11.6. The summed E-state index contributed by atoms with van der Waals surface area (Å²) in [5, 5.41) is 0. The number of rotatable bonds is 3. The van der Waals surface area contributed by atoms with Gasteiger partial charge in [0.05, 0.1) is 12.7 Å². The maximum Gasteiger partial charge on any atom is 0.574 e. The summed E-state index contributed by atoms with van der Waals surface area (Å²) in [7, 11) is 1.33. The Hall–Kier alpha value is -1.50. The number of hydrogen-bond donors (Lipinski definition) is 1. The van der Waals surface area contributed by atoms with Crippen LogP contribution in [0.15, 0.2) is 12.3 Å². The van der Waals surface area contributed by atoms with Gasteiger partial charge >= 0.3 is 6.36 Å². The first-order valence-corrected chi connectivity index (χ1v) is 3.95. The van der Waals surface area contributed by atoms with Crippen molar-refractivity contribution in [1.29, 1.82) is 0 Å². The third kappa shape index (κ3) is 2.98. The van der Waals surface area contributed by atoms with E-state index in [9.17, 15) is 13.2 Å². The van der Waals surface area contributed by atoms with Gasteiger partial charge in [-0.15, -0.1) is 13.2 Å². The molecule has 0 saturated carbocycles. The van der Waals surface area contributed by atoms with E-state index in [1.807, 2.05) is 0 Å².